The maximum Gasteiger partial charge on any atom is 0.0671 e. The fraction of sp³-hybridized carbons (Fsp3) is 0.923. The van der Waals surface area contributed by atoms with Crippen molar-refractivity contribution >= 4 is 0 Å². The summed E-state index contributed by atoms with van der Waals surface area (Å²) in [5.74, 6) is 1.47. The molecule has 0 radical (unpaired) electrons. The Bertz CT molecular complexity index is 232. The van der Waals surface area contributed by atoms with Crippen molar-refractivity contribution in [3.05, 3.63) is 0 Å². The third-order valence-corrected chi connectivity index (χ3v) is 3.55. The molecule has 2 unspecified atom stereocenters. The quantitative estimate of drug-likeness (QED) is 0.697. The topological polar surface area (TPSA) is 39.1 Å². The molecule has 1 rings (SSSR count). The number of hydrogen-bond donors (Lipinski definition) is 1. The number of hydrogen-bond acceptors (Lipinski definition) is 3. The molecule has 1 fully saturated rings. The fourth-order valence-electron chi connectivity index (χ4n) is 2.26. The van der Waals surface area contributed by atoms with Gasteiger partial charge in [0.25, 0.3) is 0 Å². The summed E-state index contributed by atoms with van der Waals surface area (Å²) in [6.45, 7) is 8.62. The molecule has 16 heavy (non-hydrogen) atoms. The maximum absolute atomic E-state index is 8.95. The van der Waals surface area contributed by atoms with Crippen LogP contribution in [0.4, 0.5) is 0 Å². The Labute approximate surface area is 99.8 Å². The van der Waals surface area contributed by atoms with E-state index >= 15 is 0 Å². The first-order chi connectivity index (χ1) is 7.63. The van der Waals surface area contributed by atoms with E-state index in [0.29, 0.717) is 5.92 Å². The zero-order valence-electron chi connectivity index (χ0n) is 10.9. The summed E-state index contributed by atoms with van der Waals surface area (Å²) in [5, 5.41) is 12.4. The lowest BCUT2D eigenvalue weighted by Gasteiger charge is -2.15. The lowest BCUT2D eigenvalue weighted by atomic mass is 9.97. The Morgan fingerprint density at radius 3 is 2.75 bits per heavy atom. The Morgan fingerprint density at radius 1 is 1.50 bits per heavy atom. The lowest BCUT2D eigenvalue weighted by Crippen LogP contribution is -2.27. The predicted octanol–water partition coefficient (Wildman–Crippen LogP) is 1.71. The molecule has 1 aliphatic rings. The molecule has 3 nitrogen and oxygen atoms in total. The van der Waals surface area contributed by atoms with Gasteiger partial charge in [0.05, 0.1) is 12.0 Å². The number of nitrogens with zero attached hydrogens (tertiary/aromatic N) is 2. The molecule has 0 aromatic carbocycles. The number of likely N-dealkylation sites (tertiary alicyclic amines) is 1. The minimum Gasteiger partial charge on any atom is -0.315 e. The van der Waals surface area contributed by atoms with Crippen molar-refractivity contribution in [2.75, 3.05) is 33.2 Å². The van der Waals surface area contributed by atoms with Gasteiger partial charge in [-0.15, -0.1) is 0 Å². The predicted molar refractivity (Wildman–Crippen MR) is 67.0 cm³/mol. The third-order valence-electron chi connectivity index (χ3n) is 3.55. The van der Waals surface area contributed by atoms with Crippen LogP contribution in [0.3, 0.4) is 0 Å². The van der Waals surface area contributed by atoms with Crippen molar-refractivity contribution < 1.29 is 0 Å². The molecule has 92 valence electrons. The zero-order chi connectivity index (χ0) is 12.0. The maximum atomic E-state index is 8.95. The molecule has 0 spiro atoms. The Kier molecular flexibility index (Phi) is 5.79. The first-order valence-electron chi connectivity index (χ1n) is 6.42. The highest BCUT2D eigenvalue weighted by molar-refractivity contribution is 4.86. The van der Waals surface area contributed by atoms with Gasteiger partial charge in [-0.25, -0.2) is 0 Å². The second-order valence-electron chi connectivity index (χ2n) is 5.39. The first-order valence-corrected chi connectivity index (χ1v) is 6.42. The standard InChI is InChI=1S/C13H25N3/c1-11(2)13(8-14)9-15-6-4-12-5-7-16(3)10-12/h11-13,15H,4-7,9-10H2,1-3H3. The molecule has 1 aliphatic heterocycles. The molecular weight excluding hydrogens is 198 g/mol. The van der Waals surface area contributed by atoms with Gasteiger partial charge in [-0.05, 0) is 44.8 Å². The minimum absolute atomic E-state index is 0.159. The van der Waals surface area contributed by atoms with Crippen LogP contribution in [0.1, 0.15) is 26.7 Å². The van der Waals surface area contributed by atoms with Gasteiger partial charge in [0.15, 0.2) is 0 Å². The molecule has 0 aromatic heterocycles. The third kappa shape index (κ3) is 4.51. The van der Waals surface area contributed by atoms with E-state index in [4.69, 9.17) is 5.26 Å². The van der Waals surface area contributed by atoms with Gasteiger partial charge < -0.3 is 10.2 Å². The monoisotopic (exact) mass is 223 g/mol. The number of nitriles is 1. The fourth-order valence-corrected chi connectivity index (χ4v) is 2.26. The second-order valence-corrected chi connectivity index (χ2v) is 5.39. The van der Waals surface area contributed by atoms with Gasteiger partial charge in [-0.2, -0.15) is 5.26 Å². The molecule has 0 amide bonds. The lowest BCUT2D eigenvalue weighted by molar-refractivity contribution is 0.379. The molecule has 2 atom stereocenters. The average molecular weight is 223 g/mol. The van der Waals surface area contributed by atoms with E-state index < -0.39 is 0 Å². The van der Waals surface area contributed by atoms with E-state index in [1.165, 1.54) is 25.9 Å². The summed E-state index contributed by atoms with van der Waals surface area (Å²) in [6, 6.07) is 2.37. The first kappa shape index (κ1) is 13.5. The largest absolute Gasteiger partial charge is 0.315 e. The molecule has 3 heteroatoms. The molecule has 1 N–H and O–H groups in total. The average Bonchev–Trinajstić information content (AvgIpc) is 2.64. The Hall–Kier alpha value is -0.590. The van der Waals surface area contributed by atoms with E-state index in [2.05, 4.69) is 37.2 Å². The van der Waals surface area contributed by atoms with E-state index in [0.717, 1.165) is 19.0 Å². The highest BCUT2D eigenvalue weighted by atomic mass is 15.1. The van der Waals surface area contributed by atoms with Crippen LogP contribution >= 0.6 is 0 Å². The van der Waals surface area contributed by atoms with Crippen molar-refractivity contribution in [1.29, 1.82) is 5.26 Å². The van der Waals surface area contributed by atoms with Gasteiger partial charge in [-0.3, -0.25) is 0 Å². The molecule has 0 aliphatic carbocycles. The van der Waals surface area contributed by atoms with E-state index in [9.17, 15) is 0 Å². The normalized spacial score (nSPS) is 23.6. The van der Waals surface area contributed by atoms with Gasteiger partial charge in [-0.1, -0.05) is 13.8 Å². The van der Waals surface area contributed by atoms with E-state index in [1.54, 1.807) is 0 Å². The molecule has 0 saturated carbocycles. The summed E-state index contributed by atoms with van der Waals surface area (Å²) >= 11 is 0. The van der Waals surface area contributed by atoms with Gasteiger partial charge in [0, 0.05) is 13.1 Å². The van der Waals surface area contributed by atoms with Gasteiger partial charge in [0.2, 0.25) is 0 Å². The van der Waals surface area contributed by atoms with Gasteiger partial charge >= 0.3 is 0 Å². The number of nitrogens with one attached hydrogen (secondary N) is 1. The van der Waals surface area contributed by atoms with Crippen LogP contribution < -0.4 is 5.32 Å². The van der Waals surface area contributed by atoms with Crippen LogP contribution in [0.25, 0.3) is 0 Å². The van der Waals surface area contributed by atoms with E-state index in [1.807, 2.05) is 0 Å². The zero-order valence-corrected chi connectivity index (χ0v) is 10.9. The smallest absolute Gasteiger partial charge is 0.0671 e. The van der Waals surface area contributed by atoms with Gasteiger partial charge in [0.1, 0.15) is 0 Å². The molecule has 0 bridgehead atoms. The summed E-state index contributed by atoms with van der Waals surface area (Å²) in [7, 11) is 2.19. The second kappa shape index (κ2) is 6.88. The minimum atomic E-state index is 0.159. The number of rotatable bonds is 6. The highest BCUT2D eigenvalue weighted by Gasteiger charge is 2.19. The summed E-state index contributed by atoms with van der Waals surface area (Å²) in [4.78, 5) is 2.40. The summed E-state index contributed by atoms with van der Waals surface area (Å²) in [5.41, 5.74) is 0. The Morgan fingerprint density at radius 2 is 2.25 bits per heavy atom. The Balaban J connectivity index is 2.05. The van der Waals surface area contributed by atoms with Crippen LogP contribution in [0.5, 0.6) is 0 Å². The van der Waals surface area contributed by atoms with Crippen molar-refractivity contribution in [3.63, 3.8) is 0 Å². The summed E-state index contributed by atoms with van der Waals surface area (Å²) in [6.07, 6.45) is 2.59. The van der Waals surface area contributed by atoms with Crippen molar-refractivity contribution in [3.8, 4) is 6.07 Å². The van der Waals surface area contributed by atoms with Crippen LogP contribution in [0, 0.1) is 29.1 Å². The summed E-state index contributed by atoms with van der Waals surface area (Å²) < 4.78 is 0. The van der Waals surface area contributed by atoms with Crippen molar-refractivity contribution in [2.45, 2.75) is 26.7 Å². The molecule has 1 saturated heterocycles. The van der Waals surface area contributed by atoms with Crippen molar-refractivity contribution in [1.82, 2.24) is 10.2 Å². The van der Waals surface area contributed by atoms with E-state index in [-0.39, 0.29) is 5.92 Å². The highest BCUT2D eigenvalue weighted by Crippen LogP contribution is 2.17. The van der Waals surface area contributed by atoms with Crippen LogP contribution in [0.15, 0.2) is 0 Å². The van der Waals surface area contributed by atoms with Crippen molar-refractivity contribution in [2.24, 2.45) is 17.8 Å². The SMILES string of the molecule is CC(C)C(C#N)CNCCC1CCN(C)C1. The van der Waals surface area contributed by atoms with Crippen LogP contribution in [-0.2, 0) is 0 Å². The molecular formula is C13H25N3. The van der Waals surface area contributed by atoms with Crippen LogP contribution in [0.2, 0.25) is 0 Å². The molecule has 1 heterocycles. The molecule has 0 aromatic rings. The van der Waals surface area contributed by atoms with Crippen LogP contribution in [-0.4, -0.2) is 38.1 Å².